The van der Waals surface area contributed by atoms with Gasteiger partial charge < -0.3 is 0 Å². The summed E-state index contributed by atoms with van der Waals surface area (Å²) in [6, 6.07) is 13.4. The molecule has 4 rings (SSSR count). The third kappa shape index (κ3) is 3.23. The lowest BCUT2D eigenvalue weighted by molar-refractivity contribution is 0.448. The van der Waals surface area contributed by atoms with Gasteiger partial charge in [0.15, 0.2) is 17.5 Å². The molecule has 0 heterocycles. The van der Waals surface area contributed by atoms with E-state index in [0.717, 1.165) is 41.3 Å². The van der Waals surface area contributed by atoms with Crippen LogP contribution < -0.4 is 0 Å². The highest BCUT2D eigenvalue weighted by Crippen LogP contribution is 2.27. The van der Waals surface area contributed by atoms with E-state index in [9.17, 15) is 13.2 Å². The summed E-state index contributed by atoms with van der Waals surface area (Å²) in [4.78, 5) is 0. The van der Waals surface area contributed by atoms with Crippen LogP contribution in [0, 0.1) is 29.3 Å². The molecule has 1 aliphatic carbocycles. The molecule has 3 heteroatoms. The number of rotatable bonds is 1. The van der Waals surface area contributed by atoms with Gasteiger partial charge in [-0.15, -0.1) is 0 Å². The average Bonchev–Trinajstić information content (AvgIpc) is 3.17. The number of allylic oxidation sites excluding steroid dienone is 2. The van der Waals surface area contributed by atoms with Crippen molar-refractivity contribution in [1.82, 2.24) is 0 Å². The first-order chi connectivity index (χ1) is 12.6. The van der Waals surface area contributed by atoms with Crippen molar-refractivity contribution in [3.05, 3.63) is 83.2 Å². The quantitative estimate of drug-likeness (QED) is 0.353. The van der Waals surface area contributed by atoms with Crippen molar-refractivity contribution < 1.29 is 13.2 Å². The van der Waals surface area contributed by atoms with Crippen LogP contribution in [0.25, 0.3) is 21.9 Å². The van der Waals surface area contributed by atoms with Gasteiger partial charge in [0.25, 0.3) is 0 Å². The fourth-order valence-corrected chi connectivity index (χ4v) is 3.16. The summed E-state index contributed by atoms with van der Waals surface area (Å²) >= 11 is 0. The van der Waals surface area contributed by atoms with E-state index in [0.29, 0.717) is 11.1 Å². The van der Waals surface area contributed by atoms with Gasteiger partial charge in [0.1, 0.15) is 0 Å². The monoisotopic (exact) mass is 348 g/mol. The first-order valence-corrected chi connectivity index (χ1v) is 8.50. The first kappa shape index (κ1) is 16.5. The molecule has 0 spiro atoms. The lowest BCUT2D eigenvalue weighted by Gasteiger charge is -2.06. The van der Waals surface area contributed by atoms with Gasteiger partial charge >= 0.3 is 0 Å². The van der Waals surface area contributed by atoms with E-state index >= 15 is 0 Å². The van der Waals surface area contributed by atoms with Crippen molar-refractivity contribution in [2.45, 2.75) is 19.3 Å². The van der Waals surface area contributed by atoms with E-state index in [2.05, 4.69) is 17.9 Å². The largest absolute Gasteiger partial charge is 0.204 e. The van der Waals surface area contributed by atoms with Crippen LogP contribution in [-0.2, 0) is 0 Å². The normalized spacial score (nSPS) is 13.4. The minimum Gasteiger partial charge on any atom is -0.204 e. The van der Waals surface area contributed by atoms with Gasteiger partial charge in [0.2, 0.25) is 0 Å². The summed E-state index contributed by atoms with van der Waals surface area (Å²) in [5.74, 6) is 2.57. The lowest BCUT2D eigenvalue weighted by Crippen LogP contribution is -1.91. The molecule has 1 aliphatic rings. The zero-order valence-corrected chi connectivity index (χ0v) is 14.0. The highest BCUT2D eigenvalue weighted by atomic mass is 19.2. The zero-order chi connectivity index (χ0) is 18.1. The molecule has 0 fully saturated rings. The van der Waals surface area contributed by atoms with E-state index in [1.54, 1.807) is 6.07 Å². The predicted molar refractivity (Wildman–Crippen MR) is 98.1 cm³/mol. The highest BCUT2D eigenvalue weighted by molar-refractivity contribution is 5.88. The van der Waals surface area contributed by atoms with E-state index in [1.807, 2.05) is 30.3 Å². The fraction of sp³-hybridized carbons (Fsp3) is 0.130. The highest BCUT2D eigenvalue weighted by Gasteiger charge is 2.12. The van der Waals surface area contributed by atoms with Gasteiger partial charge in [-0.3, -0.25) is 0 Å². The molecule has 128 valence electrons. The number of fused-ring (bicyclic) bond motifs is 1. The molecule has 0 bridgehead atoms. The second-order valence-corrected chi connectivity index (χ2v) is 6.40. The van der Waals surface area contributed by atoms with Crippen molar-refractivity contribution in [3.8, 4) is 23.0 Å². The topological polar surface area (TPSA) is 0 Å². The Hall–Kier alpha value is -2.99. The van der Waals surface area contributed by atoms with E-state index in [1.165, 1.54) is 12.0 Å². The Bertz CT molecular complexity index is 1070. The summed E-state index contributed by atoms with van der Waals surface area (Å²) in [6.07, 6.45) is 5.51. The van der Waals surface area contributed by atoms with E-state index < -0.39 is 17.5 Å². The summed E-state index contributed by atoms with van der Waals surface area (Å²) in [6.45, 7) is 0. The Labute approximate surface area is 150 Å². The Morgan fingerprint density at radius 3 is 2.19 bits per heavy atom. The molecule has 0 unspecified atom stereocenters. The summed E-state index contributed by atoms with van der Waals surface area (Å²) in [5.41, 5.74) is 3.06. The van der Waals surface area contributed by atoms with Gasteiger partial charge in [-0.2, -0.15) is 0 Å². The van der Waals surface area contributed by atoms with Crippen LogP contribution in [0.2, 0.25) is 0 Å². The maximum atomic E-state index is 13.5. The molecule has 0 atom stereocenters. The van der Waals surface area contributed by atoms with Crippen LogP contribution in [0.3, 0.4) is 0 Å². The second kappa shape index (κ2) is 6.72. The maximum absolute atomic E-state index is 13.5. The van der Waals surface area contributed by atoms with Crippen molar-refractivity contribution in [2.75, 3.05) is 0 Å². The average molecular weight is 348 g/mol. The maximum Gasteiger partial charge on any atom is 0.194 e. The van der Waals surface area contributed by atoms with Crippen LogP contribution >= 0.6 is 0 Å². The molecule has 3 aromatic carbocycles. The Morgan fingerprint density at radius 2 is 1.46 bits per heavy atom. The summed E-state index contributed by atoms with van der Waals surface area (Å²) in [7, 11) is 0. The molecule has 0 N–H and O–H groups in total. The molecular formula is C23H15F3. The molecule has 0 saturated heterocycles. The lowest BCUT2D eigenvalue weighted by atomic mass is 9.99. The molecule has 26 heavy (non-hydrogen) atoms. The van der Waals surface area contributed by atoms with Crippen LogP contribution in [0.1, 0.15) is 24.8 Å². The van der Waals surface area contributed by atoms with Crippen LogP contribution in [0.5, 0.6) is 0 Å². The molecule has 0 amide bonds. The van der Waals surface area contributed by atoms with Crippen LogP contribution in [0.15, 0.2) is 60.2 Å². The smallest absolute Gasteiger partial charge is 0.194 e. The van der Waals surface area contributed by atoms with E-state index in [4.69, 9.17) is 0 Å². The second-order valence-electron chi connectivity index (χ2n) is 6.40. The van der Waals surface area contributed by atoms with Gasteiger partial charge in [0, 0.05) is 5.56 Å². The number of halogens is 3. The number of hydrogen-bond acceptors (Lipinski definition) is 0. The molecule has 0 aromatic heterocycles. The van der Waals surface area contributed by atoms with Gasteiger partial charge in [0.05, 0.1) is 0 Å². The zero-order valence-electron chi connectivity index (χ0n) is 14.0. The van der Waals surface area contributed by atoms with Crippen molar-refractivity contribution in [2.24, 2.45) is 0 Å². The first-order valence-electron chi connectivity index (χ1n) is 8.50. The molecule has 3 aromatic rings. The minimum atomic E-state index is -1.45. The molecule has 0 nitrogen and oxygen atoms in total. The third-order valence-electron chi connectivity index (χ3n) is 4.57. The minimum absolute atomic E-state index is 0.306. The predicted octanol–water partition coefficient (Wildman–Crippen LogP) is 6.39. The SMILES string of the molecule is Fc1cc(-c2ccc3cc(C#CC4=CCCC4)ccc3c2)cc(F)c1F. The number of benzene rings is 3. The molecule has 0 aliphatic heterocycles. The van der Waals surface area contributed by atoms with Crippen molar-refractivity contribution in [3.63, 3.8) is 0 Å². The summed E-state index contributed by atoms with van der Waals surface area (Å²) < 4.78 is 40.1. The molecule has 0 radical (unpaired) electrons. The van der Waals surface area contributed by atoms with Crippen molar-refractivity contribution >= 4 is 10.8 Å². The Kier molecular flexibility index (Phi) is 4.26. The van der Waals surface area contributed by atoms with Crippen molar-refractivity contribution in [1.29, 1.82) is 0 Å². The van der Waals surface area contributed by atoms with Gasteiger partial charge in [-0.25, -0.2) is 13.2 Å². The number of hydrogen-bond donors (Lipinski definition) is 0. The Balaban J connectivity index is 1.69. The van der Waals surface area contributed by atoms with Crippen LogP contribution in [-0.4, -0.2) is 0 Å². The van der Waals surface area contributed by atoms with E-state index in [-0.39, 0.29) is 0 Å². The Morgan fingerprint density at radius 1 is 0.731 bits per heavy atom. The molecular weight excluding hydrogens is 333 g/mol. The van der Waals surface area contributed by atoms with Gasteiger partial charge in [-0.1, -0.05) is 36.1 Å². The van der Waals surface area contributed by atoms with Crippen LogP contribution in [0.4, 0.5) is 13.2 Å². The third-order valence-corrected chi connectivity index (χ3v) is 4.57. The molecule has 0 saturated carbocycles. The fourth-order valence-electron chi connectivity index (χ4n) is 3.16. The van der Waals surface area contributed by atoms with Gasteiger partial charge in [-0.05, 0) is 77.1 Å². The summed E-state index contributed by atoms with van der Waals surface area (Å²) in [5, 5.41) is 1.92. The standard InChI is InChI=1S/C23H15F3/c24-21-13-20(14-22(25)23(21)26)19-10-9-17-11-16(7-8-18(17)12-19)6-5-15-3-1-2-4-15/h3,7-14H,1-2,4H2.